The number of halogens is 2. The van der Waals surface area contributed by atoms with Gasteiger partial charge in [0.15, 0.2) is 5.96 Å². The van der Waals surface area contributed by atoms with Gasteiger partial charge >= 0.3 is 0 Å². The first-order chi connectivity index (χ1) is 10.7. The van der Waals surface area contributed by atoms with Crippen LogP contribution in [0.4, 0.5) is 0 Å². The quantitative estimate of drug-likeness (QED) is 0.650. The van der Waals surface area contributed by atoms with Crippen LogP contribution < -0.4 is 10.6 Å². The molecule has 4 nitrogen and oxygen atoms in total. The topological polar surface area (TPSA) is 49.3 Å². The number of benzene rings is 1. The third kappa shape index (κ3) is 5.20. The van der Waals surface area contributed by atoms with Gasteiger partial charge in [-0.1, -0.05) is 35.3 Å². The Morgan fingerprint density at radius 1 is 1.18 bits per heavy atom. The zero-order valence-electron chi connectivity index (χ0n) is 12.3. The number of nitrogens with zero attached hydrogens (tertiary/aromatic N) is 2. The van der Waals surface area contributed by atoms with E-state index in [0.29, 0.717) is 16.6 Å². The molecule has 0 unspecified atom stereocenters. The Bertz CT molecular complexity index is 629. The van der Waals surface area contributed by atoms with E-state index >= 15 is 0 Å². The molecular formula is C16H18Cl2N4. The molecule has 2 N–H and O–H groups in total. The summed E-state index contributed by atoms with van der Waals surface area (Å²) in [6, 6.07) is 11.4. The zero-order valence-corrected chi connectivity index (χ0v) is 13.8. The van der Waals surface area contributed by atoms with Crippen LogP contribution in [-0.2, 0) is 13.0 Å². The summed E-state index contributed by atoms with van der Waals surface area (Å²) >= 11 is 12.0. The normalized spacial score (nSPS) is 11.3. The van der Waals surface area contributed by atoms with E-state index in [4.69, 9.17) is 23.2 Å². The van der Waals surface area contributed by atoms with Gasteiger partial charge in [-0.3, -0.25) is 9.98 Å². The van der Waals surface area contributed by atoms with E-state index in [1.54, 1.807) is 19.3 Å². The molecular weight excluding hydrogens is 319 g/mol. The van der Waals surface area contributed by atoms with E-state index < -0.39 is 0 Å². The average Bonchev–Trinajstić information content (AvgIpc) is 2.53. The van der Waals surface area contributed by atoms with Crippen LogP contribution in [0.5, 0.6) is 0 Å². The van der Waals surface area contributed by atoms with Gasteiger partial charge in [0.2, 0.25) is 0 Å². The summed E-state index contributed by atoms with van der Waals surface area (Å²) in [4.78, 5) is 8.44. The Balaban J connectivity index is 1.79. The maximum Gasteiger partial charge on any atom is 0.191 e. The molecule has 6 heteroatoms. The summed E-state index contributed by atoms with van der Waals surface area (Å²) in [5.74, 6) is 0.732. The Morgan fingerprint density at radius 2 is 2.05 bits per heavy atom. The molecule has 0 aliphatic rings. The number of aliphatic imine (C=N–C) groups is 1. The summed E-state index contributed by atoms with van der Waals surface area (Å²) in [7, 11) is 1.74. The van der Waals surface area contributed by atoms with Gasteiger partial charge in [-0.05, 0) is 36.2 Å². The predicted octanol–water partition coefficient (Wildman–Crippen LogP) is 3.30. The lowest BCUT2D eigenvalue weighted by Crippen LogP contribution is -2.38. The smallest absolute Gasteiger partial charge is 0.191 e. The van der Waals surface area contributed by atoms with E-state index in [1.807, 2.05) is 30.3 Å². The molecule has 22 heavy (non-hydrogen) atoms. The minimum Gasteiger partial charge on any atom is -0.356 e. The van der Waals surface area contributed by atoms with Gasteiger partial charge in [-0.25, -0.2) is 0 Å². The largest absolute Gasteiger partial charge is 0.356 e. The van der Waals surface area contributed by atoms with Crippen LogP contribution in [0.3, 0.4) is 0 Å². The highest BCUT2D eigenvalue weighted by Crippen LogP contribution is 2.20. The summed E-state index contributed by atoms with van der Waals surface area (Å²) in [6.45, 7) is 1.35. The first kappa shape index (κ1) is 16.6. The molecule has 0 bridgehead atoms. The number of aromatic nitrogens is 1. The summed E-state index contributed by atoms with van der Waals surface area (Å²) in [5, 5.41) is 7.80. The maximum atomic E-state index is 6.15. The lowest BCUT2D eigenvalue weighted by Gasteiger charge is -2.12. The highest BCUT2D eigenvalue weighted by Gasteiger charge is 2.03. The minimum absolute atomic E-state index is 0.627. The van der Waals surface area contributed by atoms with E-state index in [1.165, 1.54) is 0 Å². The number of nitrogens with one attached hydrogen (secondary N) is 2. The molecule has 0 atom stereocenters. The molecule has 1 heterocycles. The SMILES string of the molecule is CN=C(NCCc1ccc(Cl)cc1Cl)NCc1ccccn1. The van der Waals surface area contributed by atoms with Crippen LogP contribution in [0.1, 0.15) is 11.3 Å². The van der Waals surface area contributed by atoms with Gasteiger partial charge in [0.05, 0.1) is 12.2 Å². The van der Waals surface area contributed by atoms with Crippen LogP contribution in [0, 0.1) is 0 Å². The average molecular weight is 337 g/mol. The van der Waals surface area contributed by atoms with Crippen molar-refractivity contribution in [3.8, 4) is 0 Å². The van der Waals surface area contributed by atoms with Crippen LogP contribution >= 0.6 is 23.2 Å². The summed E-state index contributed by atoms with van der Waals surface area (Å²) in [5.41, 5.74) is 2.02. The summed E-state index contributed by atoms with van der Waals surface area (Å²) in [6.07, 6.45) is 2.57. The second kappa shape index (κ2) is 8.61. The zero-order chi connectivity index (χ0) is 15.8. The molecule has 1 aromatic carbocycles. The molecule has 0 fully saturated rings. The number of hydrogen-bond acceptors (Lipinski definition) is 2. The van der Waals surface area contributed by atoms with E-state index in [0.717, 1.165) is 30.2 Å². The standard InChI is InChI=1S/C16H18Cl2N4/c1-19-16(22-11-14-4-2-3-8-20-14)21-9-7-12-5-6-13(17)10-15(12)18/h2-6,8,10H,7,9,11H2,1H3,(H2,19,21,22). The van der Waals surface area contributed by atoms with Gasteiger partial charge in [-0.2, -0.15) is 0 Å². The Hall–Kier alpha value is -1.78. The highest BCUT2D eigenvalue weighted by atomic mass is 35.5. The lowest BCUT2D eigenvalue weighted by molar-refractivity contribution is 0.783. The molecule has 0 radical (unpaired) electrons. The molecule has 2 aromatic rings. The van der Waals surface area contributed by atoms with Crippen molar-refractivity contribution in [2.45, 2.75) is 13.0 Å². The molecule has 0 aliphatic heterocycles. The maximum absolute atomic E-state index is 6.15. The van der Waals surface area contributed by atoms with Crippen LogP contribution in [-0.4, -0.2) is 24.5 Å². The van der Waals surface area contributed by atoms with Crippen LogP contribution in [0.2, 0.25) is 10.0 Å². The van der Waals surface area contributed by atoms with Crippen molar-refractivity contribution in [3.05, 3.63) is 63.9 Å². The Labute approximate surface area is 140 Å². The number of rotatable bonds is 5. The van der Waals surface area contributed by atoms with Crippen molar-refractivity contribution in [2.24, 2.45) is 4.99 Å². The molecule has 1 aromatic heterocycles. The van der Waals surface area contributed by atoms with E-state index in [2.05, 4.69) is 20.6 Å². The first-order valence-electron chi connectivity index (χ1n) is 6.97. The van der Waals surface area contributed by atoms with Crippen molar-refractivity contribution >= 4 is 29.2 Å². The number of hydrogen-bond donors (Lipinski definition) is 2. The predicted molar refractivity (Wildman–Crippen MR) is 92.6 cm³/mol. The lowest BCUT2D eigenvalue weighted by atomic mass is 10.1. The van der Waals surface area contributed by atoms with Crippen molar-refractivity contribution in [1.29, 1.82) is 0 Å². The van der Waals surface area contributed by atoms with Crippen molar-refractivity contribution in [1.82, 2.24) is 15.6 Å². The Morgan fingerprint density at radius 3 is 2.73 bits per heavy atom. The third-order valence-electron chi connectivity index (χ3n) is 3.09. The second-order valence-corrected chi connectivity index (χ2v) is 5.50. The molecule has 0 saturated carbocycles. The third-order valence-corrected chi connectivity index (χ3v) is 3.68. The number of guanidine groups is 1. The molecule has 0 amide bonds. The molecule has 0 spiro atoms. The summed E-state index contributed by atoms with van der Waals surface area (Å²) < 4.78 is 0. The van der Waals surface area contributed by atoms with Gasteiger partial charge < -0.3 is 10.6 Å². The Kier molecular flexibility index (Phi) is 6.49. The van der Waals surface area contributed by atoms with Crippen LogP contribution in [0.25, 0.3) is 0 Å². The second-order valence-electron chi connectivity index (χ2n) is 4.66. The van der Waals surface area contributed by atoms with Gasteiger partial charge in [0, 0.05) is 29.8 Å². The van der Waals surface area contributed by atoms with E-state index in [-0.39, 0.29) is 0 Å². The highest BCUT2D eigenvalue weighted by molar-refractivity contribution is 6.35. The molecule has 2 rings (SSSR count). The molecule has 0 saturated heterocycles. The number of pyridine rings is 1. The van der Waals surface area contributed by atoms with Crippen molar-refractivity contribution < 1.29 is 0 Å². The fourth-order valence-corrected chi connectivity index (χ4v) is 2.44. The molecule has 0 aliphatic carbocycles. The fourth-order valence-electron chi connectivity index (χ4n) is 1.94. The van der Waals surface area contributed by atoms with Gasteiger partial charge in [0.1, 0.15) is 0 Å². The van der Waals surface area contributed by atoms with Crippen molar-refractivity contribution in [2.75, 3.05) is 13.6 Å². The first-order valence-corrected chi connectivity index (χ1v) is 7.73. The van der Waals surface area contributed by atoms with Gasteiger partial charge in [0.25, 0.3) is 0 Å². The van der Waals surface area contributed by atoms with E-state index in [9.17, 15) is 0 Å². The van der Waals surface area contributed by atoms with Crippen LogP contribution in [0.15, 0.2) is 47.6 Å². The molecule has 116 valence electrons. The van der Waals surface area contributed by atoms with Crippen molar-refractivity contribution in [3.63, 3.8) is 0 Å². The monoisotopic (exact) mass is 336 g/mol. The minimum atomic E-state index is 0.627. The van der Waals surface area contributed by atoms with Gasteiger partial charge in [-0.15, -0.1) is 0 Å². The fraction of sp³-hybridized carbons (Fsp3) is 0.250.